The zero-order valence-corrected chi connectivity index (χ0v) is 17.8. The average molecular weight is 403 g/mol. The number of hydrogen-bond acceptors (Lipinski definition) is 3. The Labute approximate surface area is 179 Å². The molecule has 4 heteroatoms. The van der Waals surface area contributed by atoms with E-state index in [1.807, 2.05) is 12.4 Å². The summed E-state index contributed by atoms with van der Waals surface area (Å²) < 4.78 is 2.64. The van der Waals surface area contributed by atoms with Crippen LogP contribution < -0.4 is 11.1 Å². The van der Waals surface area contributed by atoms with E-state index in [2.05, 4.69) is 57.5 Å². The summed E-state index contributed by atoms with van der Waals surface area (Å²) in [4.78, 5) is 4.44. The first kappa shape index (κ1) is 19.8. The number of benzene rings is 1. The third-order valence-electron chi connectivity index (χ3n) is 7.46. The van der Waals surface area contributed by atoms with Crippen LogP contribution >= 0.6 is 0 Å². The van der Waals surface area contributed by atoms with Gasteiger partial charge in [-0.1, -0.05) is 30.7 Å². The highest BCUT2D eigenvalue weighted by molar-refractivity contribution is 5.85. The second kappa shape index (κ2) is 8.91. The van der Waals surface area contributed by atoms with Gasteiger partial charge in [-0.05, 0) is 86.8 Å². The van der Waals surface area contributed by atoms with Crippen molar-refractivity contribution in [3.63, 3.8) is 0 Å². The van der Waals surface area contributed by atoms with E-state index in [9.17, 15) is 0 Å². The van der Waals surface area contributed by atoms with Gasteiger partial charge in [0.05, 0.1) is 0 Å². The average Bonchev–Trinajstić information content (AvgIpc) is 3.51. The number of rotatable bonds is 9. The maximum atomic E-state index is 5.65. The molecule has 3 N–H and O–H groups in total. The molecular weight excluding hydrogens is 368 g/mol. The number of hydrogen-bond donors (Lipinski definition) is 2. The van der Waals surface area contributed by atoms with Crippen LogP contribution in [0.1, 0.15) is 61.6 Å². The molecule has 4 unspecified atom stereocenters. The summed E-state index contributed by atoms with van der Waals surface area (Å²) in [6, 6.07) is 14.0. The Morgan fingerprint density at radius 1 is 1.10 bits per heavy atom. The Hall–Kier alpha value is -2.17. The molecule has 0 amide bonds. The minimum Gasteiger partial charge on any atom is -0.344 e. The number of nitrogens with one attached hydrogen (secondary N) is 1. The third kappa shape index (κ3) is 3.79. The van der Waals surface area contributed by atoms with E-state index in [1.165, 1.54) is 47.7 Å². The molecule has 2 aliphatic rings. The maximum Gasteiger partial charge on any atom is 0.0486 e. The zero-order valence-electron chi connectivity index (χ0n) is 17.8. The van der Waals surface area contributed by atoms with E-state index in [4.69, 9.17) is 5.73 Å². The quantitative estimate of drug-likeness (QED) is 0.503. The summed E-state index contributed by atoms with van der Waals surface area (Å²) in [5, 5.41) is 4.99. The Kier molecular flexibility index (Phi) is 5.87. The summed E-state index contributed by atoms with van der Waals surface area (Å²) in [7, 11) is 0. The van der Waals surface area contributed by atoms with Gasteiger partial charge < -0.3 is 15.6 Å². The van der Waals surface area contributed by atoms with Crippen LogP contribution in [0, 0.1) is 11.8 Å². The molecule has 0 spiro atoms. The first-order chi connectivity index (χ1) is 14.8. The fourth-order valence-electron chi connectivity index (χ4n) is 6.02. The van der Waals surface area contributed by atoms with Crippen molar-refractivity contribution >= 4 is 10.9 Å². The smallest absolute Gasteiger partial charge is 0.0486 e. The molecule has 4 atom stereocenters. The molecular formula is C26H34N4. The molecule has 0 aliphatic heterocycles. The van der Waals surface area contributed by atoms with Crippen LogP contribution in [-0.2, 0) is 0 Å². The van der Waals surface area contributed by atoms with Gasteiger partial charge in [-0.15, -0.1) is 0 Å². The van der Waals surface area contributed by atoms with Crippen LogP contribution in [0.2, 0.25) is 0 Å². The van der Waals surface area contributed by atoms with Gasteiger partial charge >= 0.3 is 0 Å². The van der Waals surface area contributed by atoms with Crippen molar-refractivity contribution in [1.29, 1.82) is 0 Å². The van der Waals surface area contributed by atoms with Gasteiger partial charge in [0.15, 0.2) is 0 Å². The summed E-state index contributed by atoms with van der Waals surface area (Å²) in [5.41, 5.74) is 9.84. The summed E-state index contributed by atoms with van der Waals surface area (Å²) in [6.07, 6.45) is 14.2. The first-order valence-electron chi connectivity index (χ1n) is 11.8. The van der Waals surface area contributed by atoms with Gasteiger partial charge in [-0.25, -0.2) is 0 Å². The van der Waals surface area contributed by atoms with Gasteiger partial charge in [-0.2, -0.15) is 0 Å². The van der Waals surface area contributed by atoms with Crippen molar-refractivity contribution in [1.82, 2.24) is 14.9 Å². The van der Waals surface area contributed by atoms with Gasteiger partial charge in [0.2, 0.25) is 0 Å². The molecule has 0 radical (unpaired) electrons. The lowest BCUT2D eigenvalue weighted by Crippen LogP contribution is -2.21. The predicted octanol–water partition coefficient (Wildman–Crippen LogP) is 4.86. The van der Waals surface area contributed by atoms with Gasteiger partial charge in [0.1, 0.15) is 0 Å². The highest BCUT2D eigenvalue weighted by Crippen LogP contribution is 2.52. The molecule has 2 heterocycles. The molecule has 4 nitrogen and oxygen atoms in total. The van der Waals surface area contributed by atoms with E-state index in [0.717, 1.165) is 44.3 Å². The van der Waals surface area contributed by atoms with Crippen LogP contribution in [0.5, 0.6) is 0 Å². The second-order valence-electron chi connectivity index (χ2n) is 9.27. The first-order valence-corrected chi connectivity index (χ1v) is 11.8. The zero-order chi connectivity index (χ0) is 20.3. The van der Waals surface area contributed by atoms with E-state index in [0.29, 0.717) is 12.0 Å². The Morgan fingerprint density at radius 2 is 2.03 bits per heavy atom. The number of pyridine rings is 1. The van der Waals surface area contributed by atoms with Crippen molar-refractivity contribution in [3.8, 4) is 0 Å². The summed E-state index contributed by atoms with van der Waals surface area (Å²) >= 11 is 0. The lowest BCUT2D eigenvalue weighted by Gasteiger charge is -2.24. The molecule has 0 saturated heterocycles. The summed E-state index contributed by atoms with van der Waals surface area (Å²) in [5.74, 6) is 2.17. The van der Waals surface area contributed by atoms with Crippen LogP contribution in [0.4, 0.5) is 0 Å². The van der Waals surface area contributed by atoms with Crippen LogP contribution in [0.3, 0.4) is 0 Å². The van der Waals surface area contributed by atoms with Crippen LogP contribution in [-0.4, -0.2) is 29.2 Å². The Balaban J connectivity index is 1.50. The lowest BCUT2D eigenvalue weighted by molar-refractivity contribution is 0.336. The maximum absolute atomic E-state index is 5.65. The molecule has 2 aromatic heterocycles. The van der Waals surface area contributed by atoms with Crippen LogP contribution in [0.25, 0.3) is 10.9 Å². The summed E-state index contributed by atoms with van der Waals surface area (Å²) in [6.45, 7) is 2.73. The van der Waals surface area contributed by atoms with Crippen molar-refractivity contribution in [3.05, 3.63) is 66.1 Å². The minimum atomic E-state index is 0.355. The van der Waals surface area contributed by atoms with Crippen LogP contribution in [0.15, 0.2) is 55.0 Å². The Morgan fingerprint density at radius 3 is 2.80 bits per heavy atom. The number of nitrogens with zero attached hydrogens (tertiary/aromatic N) is 2. The molecule has 2 fully saturated rings. The van der Waals surface area contributed by atoms with E-state index < -0.39 is 0 Å². The second-order valence-corrected chi connectivity index (χ2v) is 9.27. The molecule has 5 rings (SSSR count). The largest absolute Gasteiger partial charge is 0.344 e. The number of nitrogens with two attached hydrogens (primary N) is 1. The van der Waals surface area contributed by atoms with E-state index in [-0.39, 0.29) is 0 Å². The standard InChI is InChI=1S/C26H34N4/c27-11-4-13-28-14-10-22(21-5-3-12-29-17-21)24-18-30(25-7-2-1-6-23(24)25)26-16-19-8-9-20(26)15-19/h1-3,5-7,12,17-20,22,26,28H,4,8-11,13-16,27H2. The predicted molar refractivity (Wildman–Crippen MR) is 124 cm³/mol. The molecule has 2 bridgehead atoms. The fraction of sp³-hybridized carbons (Fsp3) is 0.500. The molecule has 2 aliphatic carbocycles. The molecule has 3 aromatic rings. The fourth-order valence-corrected chi connectivity index (χ4v) is 6.02. The highest BCUT2D eigenvalue weighted by Gasteiger charge is 2.41. The molecule has 1 aromatic carbocycles. The van der Waals surface area contributed by atoms with Crippen molar-refractivity contribution < 1.29 is 0 Å². The monoisotopic (exact) mass is 402 g/mol. The van der Waals surface area contributed by atoms with Gasteiger partial charge in [0, 0.05) is 41.5 Å². The molecule has 2 saturated carbocycles. The lowest BCUT2D eigenvalue weighted by atomic mass is 9.89. The van der Waals surface area contributed by atoms with Crippen molar-refractivity contribution in [2.45, 2.75) is 50.5 Å². The number of para-hydroxylation sites is 1. The SMILES string of the molecule is NCCCNCCC(c1cccnc1)c1cn(C2CC3CCC2C3)c2ccccc12. The van der Waals surface area contributed by atoms with E-state index in [1.54, 1.807) is 0 Å². The van der Waals surface area contributed by atoms with Crippen molar-refractivity contribution in [2.75, 3.05) is 19.6 Å². The van der Waals surface area contributed by atoms with Gasteiger partial charge in [0.25, 0.3) is 0 Å². The third-order valence-corrected chi connectivity index (χ3v) is 7.46. The Bertz CT molecular complexity index is 964. The van der Waals surface area contributed by atoms with E-state index >= 15 is 0 Å². The van der Waals surface area contributed by atoms with Gasteiger partial charge in [-0.3, -0.25) is 4.98 Å². The topological polar surface area (TPSA) is 55.9 Å². The van der Waals surface area contributed by atoms with Crippen molar-refractivity contribution in [2.24, 2.45) is 17.6 Å². The minimum absolute atomic E-state index is 0.355. The number of fused-ring (bicyclic) bond motifs is 3. The normalized spacial score (nSPS) is 24.0. The molecule has 158 valence electrons. The number of aromatic nitrogens is 2. The molecule has 30 heavy (non-hydrogen) atoms. The highest BCUT2D eigenvalue weighted by atomic mass is 15.0.